The van der Waals surface area contributed by atoms with Gasteiger partial charge in [-0.05, 0) is 36.1 Å². The van der Waals surface area contributed by atoms with E-state index in [4.69, 9.17) is 23.2 Å². The first-order valence-corrected chi connectivity index (χ1v) is 8.55. The van der Waals surface area contributed by atoms with Crippen LogP contribution in [-0.4, -0.2) is 10.5 Å². The van der Waals surface area contributed by atoms with Crippen molar-refractivity contribution >= 4 is 34.8 Å². The summed E-state index contributed by atoms with van der Waals surface area (Å²) in [4.78, 5) is 23.9. The Labute approximate surface area is 151 Å². The van der Waals surface area contributed by atoms with Crippen LogP contribution in [0, 0.1) is 5.92 Å². The lowest BCUT2D eigenvalue weighted by molar-refractivity contribution is -0.116. The van der Waals surface area contributed by atoms with Gasteiger partial charge in [0.1, 0.15) is 0 Å². The summed E-state index contributed by atoms with van der Waals surface area (Å²) in [5.74, 6) is 0.419. The zero-order valence-corrected chi connectivity index (χ0v) is 15.2. The molecule has 0 aliphatic rings. The number of nitrogens with one attached hydrogen (secondary N) is 1. The molecule has 0 saturated heterocycles. The first-order valence-electron chi connectivity index (χ1n) is 7.79. The van der Waals surface area contributed by atoms with Gasteiger partial charge >= 0.3 is 0 Å². The highest BCUT2D eigenvalue weighted by Gasteiger charge is 2.07. The Hall–Kier alpha value is -1.78. The quantitative estimate of drug-likeness (QED) is 0.813. The van der Waals surface area contributed by atoms with Gasteiger partial charge in [-0.15, -0.1) is 0 Å². The number of carbonyl (C=O) groups excluding carboxylic acids is 1. The highest BCUT2D eigenvalue weighted by molar-refractivity contribution is 6.42. The van der Waals surface area contributed by atoms with Crippen molar-refractivity contribution in [2.24, 2.45) is 5.92 Å². The second-order valence-corrected chi connectivity index (χ2v) is 6.93. The Morgan fingerprint density at radius 1 is 1.17 bits per heavy atom. The SMILES string of the molecule is CC(C)CCC(=O)Nc1ccc(=O)n(Cc2ccc(Cl)c(Cl)c2)c1. The fourth-order valence-electron chi connectivity index (χ4n) is 2.21. The molecule has 1 aromatic carbocycles. The van der Waals surface area contributed by atoms with E-state index in [1.165, 1.54) is 10.6 Å². The van der Waals surface area contributed by atoms with Crippen molar-refractivity contribution in [3.05, 3.63) is 62.5 Å². The summed E-state index contributed by atoms with van der Waals surface area (Å²) in [5, 5.41) is 3.74. The van der Waals surface area contributed by atoms with E-state index in [9.17, 15) is 9.59 Å². The molecule has 0 fully saturated rings. The zero-order valence-electron chi connectivity index (χ0n) is 13.7. The number of pyridine rings is 1. The molecule has 1 aromatic heterocycles. The van der Waals surface area contributed by atoms with Crippen LogP contribution < -0.4 is 10.9 Å². The van der Waals surface area contributed by atoms with Crippen LogP contribution in [0.15, 0.2) is 41.3 Å². The Morgan fingerprint density at radius 3 is 2.58 bits per heavy atom. The first-order chi connectivity index (χ1) is 11.3. The van der Waals surface area contributed by atoms with Crippen LogP contribution in [-0.2, 0) is 11.3 Å². The molecule has 0 aliphatic heterocycles. The van der Waals surface area contributed by atoms with Crippen molar-refractivity contribution in [2.45, 2.75) is 33.2 Å². The number of anilines is 1. The van der Waals surface area contributed by atoms with E-state index in [0.29, 0.717) is 34.6 Å². The molecule has 2 aromatic rings. The Kier molecular flexibility index (Phi) is 6.46. The van der Waals surface area contributed by atoms with E-state index >= 15 is 0 Å². The average Bonchev–Trinajstić information content (AvgIpc) is 2.52. The van der Waals surface area contributed by atoms with Crippen LogP contribution in [0.4, 0.5) is 5.69 Å². The standard InChI is InChI=1S/C18H20Cl2N2O2/c1-12(2)3-7-17(23)21-14-5-8-18(24)22(11-14)10-13-4-6-15(19)16(20)9-13/h4-6,8-9,11-12H,3,7,10H2,1-2H3,(H,21,23). The number of rotatable bonds is 6. The van der Waals surface area contributed by atoms with Crippen molar-refractivity contribution in [1.29, 1.82) is 0 Å². The van der Waals surface area contributed by atoms with Gasteiger partial charge in [0.15, 0.2) is 0 Å². The van der Waals surface area contributed by atoms with E-state index in [0.717, 1.165) is 12.0 Å². The molecule has 0 spiro atoms. The fourth-order valence-corrected chi connectivity index (χ4v) is 2.53. The summed E-state index contributed by atoms with van der Waals surface area (Å²) >= 11 is 11.9. The van der Waals surface area contributed by atoms with Crippen LogP contribution in [0.3, 0.4) is 0 Å². The second kappa shape index (κ2) is 8.36. The molecule has 0 radical (unpaired) electrons. The maximum absolute atomic E-state index is 12.0. The number of hydrogen-bond acceptors (Lipinski definition) is 2. The van der Waals surface area contributed by atoms with Crippen LogP contribution >= 0.6 is 23.2 Å². The smallest absolute Gasteiger partial charge is 0.250 e. The predicted molar refractivity (Wildman–Crippen MR) is 99.0 cm³/mol. The monoisotopic (exact) mass is 366 g/mol. The molecule has 1 amide bonds. The third-order valence-electron chi connectivity index (χ3n) is 3.55. The number of carbonyl (C=O) groups is 1. The molecule has 0 aliphatic carbocycles. The number of halogens is 2. The lowest BCUT2D eigenvalue weighted by Gasteiger charge is -2.11. The molecular formula is C18H20Cl2N2O2. The summed E-state index contributed by atoms with van der Waals surface area (Å²) in [6.07, 6.45) is 2.93. The number of nitrogens with zero attached hydrogens (tertiary/aromatic N) is 1. The second-order valence-electron chi connectivity index (χ2n) is 6.11. The minimum atomic E-state index is -0.152. The first kappa shape index (κ1) is 18.6. The van der Waals surface area contributed by atoms with Gasteiger partial charge in [0.25, 0.3) is 5.56 Å². The fraction of sp³-hybridized carbons (Fsp3) is 0.333. The van der Waals surface area contributed by atoms with E-state index in [1.807, 2.05) is 6.07 Å². The molecule has 2 rings (SSSR count). The molecule has 1 N–H and O–H groups in total. The largest absolute Gasteiger partial charge is 0.325 e. The molecule has 128 valence electrons. The van der Waals surface area contributed by atoms with E-state index in [2.05, 4.69) is 19.2 Å². The van der Waals surface area contributed by atoms with Gasteiger partial charge in [-0.1, -0.05) is 43.1 Å². The van der Waals surface area contributed by atoms with E-state index in [-0.39, 0.29) is 11.5 Å². The maximum atomic E-state index is 12.0. The Morgan fingerprint density at radius 2 is 1.92 bits per heavy atom. The van der Waals surface area contributed by atoms with Crippen molar-refractivity contribution in [2.75, 3.05) is 5.32 Å². The highest BCUT2D eigenvalue weighted by atomic mass is 35.5. The van der Waals surface area contributed by atoms with Gasteiger partial charge in [-0.2, -0.15) is 0 Å². The summed E-state index contributed by atoms with van der Waals surface area (Å²) in [7, 11) is 0. The van der Waals surface area contributed by atoms with Gasteiger partial charge in [-0.3, -0.25) is 9.59 Å². The number of aromatic nitrogens is 1. The van der Waals surface area contributed by atoms with Gasteiger partial charge in [0.05, 0.1) is 22.3 Å². The molecule has 24 heavy (non-hydrogen) atoms. The summed E-state index contributed by atoms with van der Waals surface area (Å²) < 4.78 is 1.53. The highest BCUT2D eigenvalue weighted by Crippen LogP contribution is 2.23. The van der Waals surface area contributed by atoms with Crippen molar-refractivity contribution in [1.82, 2.24) is 4.57 Å². The Balaban J connectivity index is 2.12. The van der Waals surface area contributed by atoms with Crippen LogP contribution in [0.5, 0.6) is 0 Å². The van der Waals surface area contributed by atoms with E-state index in [1.54, 1.807) is 24.4 Å². The van der Waals surface area contributed by atoms with Crippen molar-refractivity contribution in [3.8, 4) is 0 Å². The minimum absolute atomic E-state index is 0.0524. The predicted octanol–water partition coefficient (Wildman–Crippen LogP) is 4.58. The molecule has 0 unspecified atom stereocenters. The lowest BCUT2D eigenvalue weighted by atomic mass is 10.1. The summed E-state index contributed by atoms with van der Waals surface area (Å²) in [5.41, 5.74) is 1.31. The van der Waals surface area contributed by atoms with Crippen LogP contribution in [0.2, 0.25) is 10.0 Å². The van der Waals surface area contributed by atoms with Gasteiger partial charge in [0, 0.05) is 18.7 Å². The van der Waals surface area contributed by atoms with Crippen LogP contribution in [0.1, 0.15) is 32.3 Å². The Bertz CT molecular complexity index is 785. The summed E-state index contributed by atoms with van der Waals surface area (Å²) in [6.45, 7) is 4.50. The maximum Gasteiger partial charge on any atom is 0.250 e. The van der Waals surface area contributed by atoms with Gasteiger partial charge < -0.3 is 9.88 Å². The number of amides is 1. The topological polar surface area (TPSA) is 51.1 Å². The van der Waals surface area contributed by atoms with Crippen molar-refractivity contribution < 1.29 is 4.79 Å². The van der Waals surface area contributed by atoms with Gasteiger partial charge in [-0.25, -0.2) is 0 Å². The molecule has 0 saturated carbocycles. The number of hydrogen-bond donors (Lipinski definition) is 1. The summed E-state index contributed by atoms with van der Waals surface area (Å²) in [6, 6.07) is 8.29. The molecule has 6 heteroatoms. The van der Waals surface area contributed by atoms with Gasteiger partial charge in [0.2, 0.25) is 5.91 Å². The zero-order chi connectivity index (χ0) is 17.7. The molecule has 0 atom stereocenters. The number of benzene rings is 1. The third kappa shape index (κ3) is 5.39. The molecule has 4 nitrogen and oxygen atoms in total. The minimum Gasteiger partial charge on any atom is -0.325 e. The van der Waals surface area contributed by atoms with Crippen molar-refractivity contribution in [3.63, 3.8) is 0 Å². The van der Waals surface area contributed by atoms with Crippen LogP contribution in [0.25, 0.3) is 0 Å². The normalized spacial score (nSPS) is 10.9. The van der Waals surface area contributed by atoms with E-state index < -0.39 is 0 Å². The molecule has 1 heterocycles. The third-order valence-corrected chi connectivity index (χ3v) is 4.29. The molecular weight excluding hydrogens is 347 g/mol. The average molecular weight is 367 g/mol. The molecule has 0 bridgehead atoms. The lowest BCUT2D eigenvalue weighted by Crippen LogP contribution is -2.21.